The van der Waals surface area contributed by atoms with Crippen LogP contribution in [-0.2, 0) is 19.9 Å². The second-order valence-electron chi connectivity index (χ2n) is 7.74. The van der Waals surface area contributed by atoms with E-state index >= 15 is 0 Å². The topological polar surface area (TPSA) is 63.6 Å². The van der Waals surface area contributed by atoms with Crippen molar-refractivity contribution in [2.24, 2.45) is 0 Å². The maximum Gasteiger partial charge on any atom is 0.192 e. The highest BCUT2D eigenvalue weighted by Crippen LogP contribution is 2.38. The largest absolute Gasteiger partial charge is 0.414 e. The third-order valence-electron chi connectivity index (χ3n) is 4.44. The van der Waals surface area contributed by atoms with Gasteiger partial charge in [-0.25, -0.2) is 8.42 Å². The molecule has 0 aliphatic rings. The van der Waals surface area contributed by atoms with Crippen LogP contribution in [-0.4, -0.2) is 34.7 Å². The van der Waals surface area contributed by atoms with Crippen molar-refractivity contribution in [2.45, 2.75) is 56.3 Å². The first kappa shape index (κ1) is 20.6. The fraction of sp³-hybridized carbons (Fsp3) is 0.625. The fourth-order valence-corrected chi connectivity index (χ4v) is 4.10. The van der Waals surface area contributed by atoms with E-state index in [4.69, 9.17) is 16.0 Å². The summed E-state index contributed by atoms with van der Waals surface area (Å²) in [4.78, 5) is 0.0748. The van der Waals surface area contributed by atoms with Gasteiger partial charge < -0.3 is 9.53 Å². The predicted octanol–water partition coefficient (Wildman–Crippen LogP) is 3.97. The zero-order valence-electron chi connectivity index (χ0n) is 14.9. The van der Waals surface area contributed by atoms with Gasteiger partial charge in [0.1, 0.15) is 5.60 Å². The summed E-state index contributed by atoms with van der Waals surface area (Å²) in [6, 6.07) is 4.42. The molecule has 0 saturated carbocycles. The lowest BCUT2D eigenvalue weighted by Crippen LogP contribution is -2.44. The van der Waals surface area contributed by atoms with Crippen molar-refractivity contribution in [3.8, 4) is 0 Å². The molecule has 0 fully saturated rings. The van der Waals surface area contributed by atoms with E-state index in [1.54, 1.807) is 6.92 Å². The van der Waals surface area contributed by atoms with Crippen molar-refractivity contribution in [3.05, 3.63) is 28.8 Å². The Morgan fingerprint density at radius 2 is 1.74 bits per heavy atom. The van der Waals surface area contributed by atoms with Crippen LogP contribution in [0.25, 0.3) is 0 Å². The first-order chi connectivity index (χ1) is 10.1. The van der Waals surface area contributed by atoms with Crippen molar-refractivity contribution in [2.75, 3.05) is 12.9 Å². The molecule has 0 bridgehead atoms. The van der Waals surface area contributed by atoms with Gasteiger partial charge in [0, 0.05) is 16.8 Å². The molecule has 1 rings (SSSR count). The van der Waals surface area contributed by atoms with Crippen LogP contribution < -0.4 is 0 Å². The molecule has 0 spiro atoms. The van der Waals surface area contributed by atoms with E-state index in [0.29, 0.717) is 5.02 Å². The summed E-state index contributed by atoms with van der Waals surface area (Å²) in [5.74, 6) is 0. The Balaban J connectivity index is 3.22. The minimum Gasteiger partial charge on any atom is -0.414 e. The Morgan fingerprint density at radius 3 is 2.17 bits per heavy atom. The van der Waals surface area contributed by atoms with Gasteiger partial charge in [0.15, 0.2) is 18.2 Å². The molecule has 23 heavy (non-hydrogen) atoms. The van der Waals surface area contributed by atoms with Crippen molar-refractivity contribution in [1.82, 2.24) is 0 Å². The number of halogens is 1. The van der Waals surface area contributed by atoms with E-state index in [2.05, 4.69) is 33.9 Å². The summed E-state index contributed by atoms with van der Waals surface area (Å²) < 4.78 is 30.0. The SMILES string of the molecule is CC(O)(CO[Si](C)(C)C(C)(C)C)c1cc(Cl)ccc1S(C)(=O)=O. The molecule has 1 aromatic rings. The van der Waals surface area contributed by atoms with Crippen LogP contribution in [0.1, 0.15) is 33.3 Å². The Morgan fingerprint density at radius 1 is 1.22 bits per heavy atom. The molecule has 0 aliphatic heterocycles. The average molecular weight is 379 g/mol. The number of rotatable bonds is 5. The molecular weight excluding hydrogens is 352 g/mol. The summed E-state index contributed by atoms with van der Waals surface area (Å²) in [6.45, 7) is 12.1. The monoisotopic (exact) mass is 378 g/mol. The molecule has 1 atom stereocenters. The van der Waals surface area contributed by atoms with Gasteiger partial charge in [-0.15, -0.1) is 0 Å². The first-order valence-corrected chi connectivity index (χ1v) is 12.6. The zero-order chi connectivity index (χ0) is 18.3. The van der Waals surface area contributed by atoms with E-state index in [0.717, 1.165) is 6.26 Å². The molecule has 1 unspecified atom stereocenters. The lowest BCUT2D eigenvalue weighted by atomic mass is 9.97. The van der Waals surface area contributed by atoms with Crippen LogP contribution in [0, 0.1) is 0 Å². The van der Waals surface area contributed by atoms with Gasteiger partial charge in [0.05, 0.1) is 11.5 Å². The molecule has 0 aliphatic carbocycles. The molecule has 0 radical (unpaired) electrons. The third-order valence-corrected chi connectivity index (χ3v) is 10.3. The fourth-order valence-electron chi connectivity index (χ4n) is 1.86. The summed E-state index contributed by atoms with van der Waals surface area (Å²) >= 11 is 6.00. The van der Waals surface area contributed by atoms with Crippen molar-refractivity contribution < 1.29 is 18.0 Å². The van der Waals surface area contributed by atoms with E-state index in [9.17, 15) is 13.5 Å². The molecule has 1 N–H and O–H groups in total. The lowest BCUT2D eigenvalue weighted by Gasteiger charge is -2.39. The van der Waals surface area contributed by atoms with Gasteiger partial charge in [-0.2, -0.15) is 0 Å². The summed E-state index contributed by atoms with van der Waals surface area (Å²) in [5, 5.41) is 11.2. The van der Waals surface area contributed by atoms with Gasteiger partial charge in [0.2, 0.25) is 0 Å². The minimum absolute atomic E-state index is 0.00290. The van der Waals surface area contributed by atoms with Gasteiger partial charge in [0.25, 0.3) is 0 Å². The molecule has 0 aromatic heterocycles. The van der Waals surface area contributed by atoms with E-state index < -0.39 is 23.8 Å². The van der Waals surface area contributed by atoms with E-state index in [1.807, 2.05) is 0 Å². The summed E-state index contributed by atoms with van der Waals surface area (Å²) in [7, 11) is -5.55. The van der Waals surface area contributed by atoms with E-state index in [-0.39, 0.29) is 22.1 Å². The molecule has 0 heterocycles. The summed E-state index contributed by atoms with van der Waals surface area (Å²) in [5.41, 5.74) is -1.18. The molecule has 1 aromatic carbocycles. The summed E-state index contributed by atoms with van der Waals surface area (Å²) in [6.07, 6.45) is 1.12. The van der Waals surface area contributed by atoms with Crippen molar-refractivity contribution in [1.29, 1.82) is 0 Å². The molecule has 0 amide bonds. The highest BCUT2D eigenvalue weighted by atomic mass is 35.5. The molecule has 0 saturated heterocycles. The highest BCUT2D eigenvalue weighted by molar-refractivity contribution is 7.90. The van der Waals surface area contributed by atoms with Crippen molar-refractivity contribution in [3.63, 3.8) is 0 Å². The van der Waals surface area contributed by atoms with Crippen LogP contribution in [0.5, 0.6) is 0 Å². The van der Waals surface area contributed by atoms with Crippen molar-refractivity contribution >= 4 is 29.8 Å². The quantitative estimate of drug-likeness (QED) is 0.787. The van der Waals surface area contributed by atoms with Gasteiger partial charge >= 0.3 is 0 Å². The van der Waals surface area contributed by atoms with Crippen LogP contribution in [0.4, 0.5) is 0 Å². The second-order valence-corrected chi connectivity index (χ2v) is 15.0. The third kappa shape index (κ3) is 5.03. The normalized spacial score (nSPS) is 16.2. The standard InChI is InChI=1S/C16H27ClO4SSi/c1-15(2,3)23(6,7)21-11-16(4,18)13-10-12(17)8-9-14(13)22(5,19)20/h8-10,18H,11H2,1-7H3. The maximum absolute atomic E-state index is 12.0. The lowest BCUT2D eigenvalue weighted by molar-refractivity contribution is 0.000312. The maximum atomic E-state index is 12.0. The predicted molar refractivity (Wildman–Crippen MR) is 97.3 cm³/mol. The number of hydrogen-bond donors (Lipinski definition) is 1. The van der Waals surface area contributed by atoms with Crippen LogP contribution in [0.15, 0.2) is 23.1 Å². The van der Waals surface area contributed by atoms with E-state index in [1.165, 1.54) is 18.2 Å². The number of sulfone groups is 1. The number of benzene rings is 1. The highest BCUT2D eigenvalue weighted by Gasteiger charge is 2.40. The molecule has 132 valence electrons. The number of hydrogen-bond acceptors (Lipinski definition) is 4. The average Bonchev–Trinajstić information content (AvgIpc) is 2.33. The Kier molecular flexibility index (Phi) is 5.82. The molecule has 7 heteroatoms. The second kappa shape index (κ2) is 6.48. The van der Waals surface area contributed by atoms with Crippen LogP contribution in [0.3, 0.4) is 0 Å². The van der Waals surface area contributed by atoms with Gasteiger partial charge in [-0.05, 0) is 43.3 Å². The van der Waals surface area contributed by atoms with Gasteiger partial charge in [-0.1, -0.05) is 32.4 Å². The molecule has 4 nitrogen and oxygen atoms in total. The smallest absolute Gasteiger partial charge is 0.192 e. The first-order valence-electron chi connectivity index (χ1n) is 7.44. The Hall–Kier alpha value is -0.403. The van der Waals surface area contributed by atoms with Crippen LogP contribution >= 0.6 is 11.6 Å². The Bertz CT molecular complexity index is 676. The van der Waals surface area contributed by atoms with Gasteiger partial charge in [-0.3, -0.25) is 0 Å². The van der Waals surface area contributed by atoms with Crippen LogP contribution in [0.2, 0.25) is 23.2 Å². The number of aliphatic hydroxyl groups is 1. The minimum atomic E-state index is -3.48. The zero-order valence-corrected chi connectivity index (χ0v) is 17.5. The molecular formula is C16H27ClO4SSi. The Labute approximate surface area is 145 Å².